The molecule has 2 unspecified atom stereocenters. The van der Waals surface area contributed by atoms with Crippen LogP contribution in [0.2, 0.25) is 5.02 Å². The van der Waals surface area contributed by atoms with E-state index in [1.165, 1.54) is 43.1 Å². The fourth-order valence-corrected chi connectivity index (χ4v) is 8.65. The van der Waals surface area contributed by atoms with Crippen molar-refractivity contribution in [1.29, 1.82) is 0 Å². The van der Waals surface area contributed by atoms with Gasteiger partial charge in [-0.25, -0.2) is 9.69 Å². The summed E-state index contributed by atoms with van der Waals surface area (Å²) >= 11 is 8.00. The minimum atomic E-state index is -0.905. The van der Waals surface area contributed by atoms with Gasteiger partial charge in [0.15, 0.2) is 11.5 Å². The van der Waals surface area contributed by atoms with Gasteiger partial charge in [0.05, 0.1) is 43.0 Å². The molecule has 6 rings (SSSR count). The third-order valence-electron chi connectivity index (χ3n) is 7.88. The number of nitrogens with one attached hydrogen (secondary N) is 1. The molecule has 1 aromatic heterocycles. The Morgan fingerprint density at radius 3 is 2.28 bits per heavy atom. The number of thioether (sulfide) groups is 1. The number of amides is 3. The average molecular weight is 694 g/mol. The number of fused-ring (bicyclic) bond motifs is 2. The van der Waals surface area contributed by atoms with Gasteiger partial charge in [0.25, 0.3) is 0 Å². The lowest BCUT2D eigenvalue weighted by atomic mass is 9.83. The number of nitrogens with zero attached hydrogens (tertiary/aromatic N) is 2. The van der Waals surface area contributed by atoms with Crippen LogP contribution in [0.5, 0.6) is 11.5 Å². The number of rotatable bonds is 9. The summed E-state index contributed by atoms with van der Waals surface area (Å²) in [6.07, 6.45) is 0. The van der Waals surface area contributed by atoms with Crippen molar-refractivity contribution in [1.82, 2.24) is 4.57 Å². The first-order valence-electron chi connectivity index (χ1n) is 14.5. The number of carbonyl (C=O) groups is 4. The Labute approximate surface area is 282 Å². The van der Waals surface area contributed by atoms with Gasteiger partial charge >= 0.3 is 10.8 Å². The van der Waals surface area contributed by atoms with E-state index < -0.39 is 45.6 Å². The Morgan fingerprint density at radius 1 is 0.915 bits per heavy atom. The molecule has 1 N–H and O–H groups in total. The second kappa shape index (κ2) is 13.3. The quantitative estimate of drug-likeness (QED) is 0.186. The van der Waals surface area contributed by atoms with Gasteiger partial charge in [0.2, 0.25) is 17.7 Å². The Kier molecular flexibility index (Phi) is 9.13. The van der Waals surface area contributed by atoms with Gasteiger partial charge in [-0.05, 0) is 73.2 Å². The van der Waals surface area contributed by atoms with Crippen molar-refractivity contribution in [2.24, 2.45) is 5.92 Å². The van der Waals surface area contributed by atoms with Crippen LogP contribution in [0.4, 0.5) is 11.4 Å². The van der Waals surface area contributed by atoms with Crippen LogP contribution in [0.15, 0.2) is 76.6 Å². The van der Waals surface area contributed by atoms with Crippen molar-refractivity contribution in [2.75, 3.05) is 31.0 Å². The molecule has 1 fully saturated rings. The first-order valence-corrected chi connectivity index (χ1v) is 16.5. The normalized spacial score (nSPS) is 18.4. The van der Waals surface area contributed by atoms with Crippen LogP contribution >= 0.6 is 34.7 Å². The number of thiazole rings is 1. The van der Waals surface area contributed by atoms with Crippen molar-refractivity contribution in [2.45, 2.75) is 29.7 Å². The SMILES string of the molecule is CCOC(=O)c1ccc(N2C(=O)C3Sc4c(sc(=O)n4CC(=O)Nc4ccc(Cl)cc4)[C@H](c4ccc(OC)c(OC)c4)C3C2=O)cc1. The molecule has 0 aliphatic carbocycles. The number of aromatic nitrogens is 1. The van der Waals surface area contributed by atoms with E-state index in [9.17, 15) is 24.0 Å². The first kappa shape index (κ1) is 32.4. The smallest absolute Gasteiger partial charge is 0.338 e. The Bertz CT molecular complexity index is 1940. The summed E-state index contributed by atoms with van der Waals surface area (Å²) in [5.74, 6) is -2.59. The van der Waals surface area contributed by atoms with Crippen LogP contribution in [-0.4, -0.2) is 54.3 Å². The standard InChI is InChI=1S/C33H28ClN3O8S2/c1-4-45-32(41)17-5-12-21(13-6-17)37-29(39)26-25(18-7-14-22(43-2)23(15-18)44-3)28-31(46-27(26)30(37)40)36(33(42)47-28)16-24(38)35-20-10-8-19(34)9-11-20/h5-15,25-27H,4,16H2,1-3H3,(H,35,38)/t25-,26?,27?/m1/s1. The minimum absolute atomic E-state index is 0.208. The fraction of sp³-hybridized carbons (Fsp3) is 0.242. The predicted molar refractivity (Wildman–Crippen MR) is 178 cm³/mol. The molecule has 14 heteroatoms. The highest BCUT2D eigenvalue weighted by Crippen LogP contribution is 2.54. The molecule has 3 amide bonds. The molecule has 4 aromatic rings. The number of hydrogen-bond acceptors (Lipinski definition) is 10. The van der Waals surface area contributed by atoms with Crippen molar-refractivity contribution in [3.63, 3.8) is 0 Å². The summed E-state index contributed by atoms with van der Waals surface area (Å²) in [6, 6.07) is 17.9. The van der Waals surface area contributed by atoms with E-state index in [2.05, 4.69) is 5.32 Å². The zero-order valence-electron chi connectivity index (χ0n) is 25.4. The minimum Gasteiger partial charge on any atom is -0.493 e. The Balaban J connectivity index is 1.40. The maximum Gasteiger partial charge on any atom is 0.338 e. The highest BCUT2D eigenvalue weighted by atomic mass is 35.5. The zero-order chi connectivity index (χ0) is 33.4. The number of imide groups is 1. The molecule has 3 aromatic carbocycles. The van der Waals surface area contributed by atoms with Crippen molar-refractivity contribution in [3.05, 3.63) is 97.4 Å². The molecule has 3 atom stereocenters. The number of ether oxygens (including phenoxy) is 3. The van der Waals surface area contributed by atoms with Gasteiger partial charge in [-0.1, -0.05) is 40.8 Å². The first-order chi connectivity index (χ1) is 22.6. The largest absolute Gasteiger partial charge is 0.493 e. The lowest BCUT2D eigenvalue weighted by molar-refractivity contribution is -0.122. The highest BCUT2D eigenvalue weighted by molar-refractivity contribution is 8.00. The lowest BCUT2D eigenvalue weighted by Gasteiger charge is -2.31. The molecule has 2 aliphatic rings. The summed E-state index contributed by atoms with van der Waals surface area (Å²) in [4.78, 5) is 68.3. The number of hydrogen-bond donors (Lipinski definition) is 1. The number of benzene rings is 3. The fourth-order valence-electron chi connectivity index (χ4n) is 5.75. The van der Waals surface area contributed by atoms with Gasteiger partial charge < -0.3 is 19.5 Å². The monoisotopic (exact) mass is 693 g/mol. The number of methoxy groups -OCH3 is 2. The summed E-state index contributed by atoms with van der Waals surface area (Å²) in [5.41, 5.74) is 1.73. The second-order valence-electron chi connectivity index (χ2n) is 10.6. The maximum atomic E-state index is 14.2. The van der Waals surface area contributed by atoms with E-state index in [0.29, 0.717) is 43.4 Å². The molecular formula is C33H28ClN3O8S2. The van der Waals surface area contributed by atoms with Crippen molar-refractivity contribution in [3.8, 4) is 11.5 Å². The number of esters is 1. The molecule has 47 heavy (non-hydrogen) atoms. The van der Waals surface area contributed by atoms with E-state index in [1.807, 2.05) is 0 Å². The van der Waals surface area contributed by atoms with Crippen LogP contribution in [-0.2, 0) is 25.7 Å². The van der Waals surface area contributed by atoms with E-state index in [4.69, 9.17) is 25.8 Å². The molecular weight excluding hydrogens is 666 g/mol. The summed E-state index contributed by atoms with van der Waals surface area (Å²) in [5, 5.41) is 2.81. The van der Waals surface area contributed by atoms with Gasteiger partial charge in [0, 0.05) is 21.5 Å². The molecule has 0 bridgehead atoms. The second-order valence-corrected chi connectivity index (χ2v) is 13.2. The molecule has 2 aliphatic heterocycles. The van der Waals surface area contributed by atoms with Gasteiger partial charge in [-0.3, -0.25) is 23.7 Å². The Hall–Kier alpha value is -4.59. The zero-order valence-corrected chi connectivity index (χ0v) is 27.7. The highest BCUT2D eigenvalue weighted by Gasteiger charge is 2.57. The van der Waals surface area contributed by atoms with Crippen LogP contribution in [0.25, 0.3) is 0 Å². The van der Waals surface area contributed by atoms with Crippen LogP contribution in [0, 0.1) is 5.92 Å². The molecule has 0 saturated carbocycles. The Morgan fingerprint density at radius 2 is 1.62 bits per heavy atom. The van der Waals surface area contributed by atoms with Crippen molar-refractivity contribution < 1.29 is 33.4 Å². The molecule has 3 heterocycles. The summed E-state index contributed by atoms with van der Waals surface area (Å²) < 4.78 is 17.4. The van der Waals surface area contributed by atoms with E-state index in [0.717, 1.165) is 28.0 Å². The van der Waals surface area contributed by atoms with E-state index in [1.54, 1.807) is 49.4 Å². The number of halogens is 1. The third kappa shape index (κ3) is 6.01. The number of carbonyl (C=O) groups excluding carboxylic acids is 4. The van der Waals surface area contributed by atoms with Crippen LogP contribution in [0.1, 0.15) is 33.6 Å². The third-order valence-corrected chi connectivity index (χ3v) is 10.7. The summed E-state index contributed by atoms with van der Waals surface area (Å²) in [6.45, 7) is 1.60. The van der Waals surface area contributed by atoms with Crippen LogP contribution in [0.3, 0.4) is 0 Å². The topological polar surface area (TPSA) is 133 Å². The van der Waals surface area contributed by atoms with Gasteiger partial charge in [0.1, 0.15) is 11.8 Å². The molecule has 11 nitrogen and oxygen atoms in total. The predicted octanol–water partition coefficient (Wildman–Crippen LogP) is 5.19. The van der Waals surface area contributed by atoms with Gasteiger partial charge in [-0.2, -0.15) is 0 Å². The number of anilines is 2. The summed E-state index contributed by atoms with van der Waals surface area (Å²) in [7, 11) is 3.00. The van der Waals surface area contributed by atoms with E-state index >= 15 is 0 Å². The van der Waals surface area contributed by atoms with Gasteiger partial charge in [-0.15, -0.1) is 0 Å². The molecule has 0 radical (unpaired) electrons. The molecule has 0 spiro atoms. The lowest BCUT2D eigenvalue weighted by Crippen LogP contribution is -2.33. The maximum absolute atomic E-state index is 14.2. The molecule has 1 saturated heterocycles. The molecule has 242 valence electrons. The average Bonchev–Trinajstić information content (AvgIpc) is 3.51. The van der Waals surface area contributed by atoms with E-state index in [-0.39, 0.29) is 18.7 Å². The van der Waals surface area contributed by atoms with Crippen LogP contribution < -0.4 is 24.6 Å². The van der Waals surface area contributed by atoms with Crippen molar-refractivity contribution >= 4 is 69.8 Å².